The fourth-order valence-corrected chi connectivity index (χ4v) is 2.90. The van der Waals surface area contributed by atoms with Crippen molar-refractivity contribution in [3.8, 4) is 0 Å². The van der Waals surface area contributed by atoms with Gasteiger partial charge in [0, 0.05) is 4.47 Å². The van der Waals surface area contributed by atoms with E-state index in [1.165, 1.54) is 0 Å². The number of aromatic nitrogens is 2. The van der Waals surface area contributed by atoms with Gasteiger partial charge in [-0.2, -0.15) is 5.10 Å². The second-order valence-electron chi connectivity index (χ2n) is 4.49. The van der Waals surface area contributed by atoms with Crippen LogP contribution in [0.15, 0.2) is 33.2 Å². The van der Waals surface area contributed by atoms with Crippen LogP contribution in [0.5, 0.6) is 0 Å². The maximum atomic E-state index is 6.08. The normalized spacial score (nSPS) is 11.2. The summed E-state index contributed by atoms with van der Waals surface area (Å²) in [6.45, 7) is 4.88. The molecule has 0 amide bonds. The molecule has 0 radical (unpaired) electrons. The van der Waals surface area contributed by atoms with Gasteiger partial charge < -0.3 is 5.73 Å². The van der Waals surface area contributed by atoms with Gasteiger partial charge in [0.2, 0.25) is 0 Å². The van der Waals surface area contributed by atoms with Crippen LogP contribution in [0.1, 0.15) is 31.0 Å². The van der Waals surface area contributed by atoms with Crippen LogP contribution >= 0.6 is 31.9 Å². The van der Waals surface area contributed by atoms with Crippen LogP contribution in [-0.4, -0.2) is 9.78 Å². The fourth-order valence-electron chi connectivity index (χ4n) is 1.75. The van der Waals surface area contributed by atoms with Gasteiger partial charge in [0.1, 0.15) is 5.82 Å². The van der Waals surface area contributed by atoms with E-state index in [4.69, 9.17) is 5.73 Å². The summed E-state index contributed by atoms with van der Waals surface area (Å²) in [7, 11) is 0. The molecule has 0 atom stereocenters. The molecule has 2 aromatic rings. The number of nitrogens with zero attached hydrogens (tertiary/aromatic N) is 2. The molecule has 0 spiro atoms. The first kappa shape index (κ1) is 13.6. The monoisotopic (exact) mass is 371 g/mol. The molecule has 0 aliphatic rings. The van der Waals surface area contributed by atoms with E-state index in [1.807, 2.05) is 22.9 Å². The third kappa shape index (κ3) is 2.62. The van der Waals surface area contributed by atoms with Crippen LogP contribution in [0.2, 0.25) is 0 Å². The Balaban J connectivity index is 2.36. The zero-order chi connectivity index (χ0) is 13.3. The molecular weight excluding hydrogens is 358 g/mol. The highest BCUT2D eigenvalue weighted by molar-refractivity contribution is 9.11. The molecule has 0 saturated heterocycles. The molecule has 0 fully saturated rings. The van der Waals surface area contributed by atoms with Crippen molar-refractivity contribution in [1.82, 2.24) is 9.78 Å². The minimum atomic E-state index is 0.349. The first-order valence-electron chi connectivity index (χ1n) is 5.75. The number of halogens is 2. The van der Waals surface area contributed by atoms with Crippen LogP contribution in [0.25, 0.3) is 0 Å². The molecule has 0 bridgehead atoms. The Morgan fingerprint density at radius 3 is 2.50 bits per heavy atom. The summed E-state index contributed by atoms with van der Waals surface area (Å²) in [5, 5.41) is 4.57. The molecule has 1 aromatic heterocycles. The third-order valence-corrected chi connectivity index (χ3v) is 4.37. The Bertz CT molecular complexity index is 561. The van der Waals surface area contributed by atoms with E-state index in [2.05, 4.69) is 56.9 Å². The van der Waals surface area contributed by atoms with Crippen molar-refractivity contribution in [1.29, 1.82) is 0 Å². The molecule has 0 aliphatic heterocycles. The number of rotatable bonds is 3. The van der Waals surface area contributed by atoms with Crippen LogP contribution in [0, 0.1) is 0 Å². The molecule has 0 aliphatic carbocycles. The van der Waals surface area contributed by atoms with Gasteiger partial charge in [-0.05, 0) is 33.5 Å². The van der Waals surface area contributed by atoms with Crippen LogP contribution in [0.4, 0.5) is 5.82 Å². The predicted molar refractivity (Wildman–Crippen MR) is 81.7 cm³/mol. The highest BCUT2D eigenvalue weighted by Crippen LogP contribution is 2.30. The second kappa shape index (κ2) is 5.45. The molecular formula is C13H15Br2N3. The number of nitrogens with two attached hydrogens (primary N) is 1. The molecule has 2 N–H and O–H groups in total. The number of benzene rings is 1. The van der Waals surface area contributed by atoms with Crippen LogP contribution in [-0.2, 0) is 6.54 Å². The molecule has 96 valence electrons. The van der Waals surface area contributed by atoms with E-state index in [-0.39, 0.29) is 0 Å². The van der Waals surface area contributed by atoms with E-state index < -0.39 is 0 Å². The quantitative estimate of drug-likeness (QED) is 0.878. The third-order valence-electron chi connectivity index (χ3n) is 2.78. The summed E-state index contributed by atoms with van der Waals surface area (Å²) in [5.41, 5.74) is 8.24. The summed E-state index contributed by atoms with van der Waals surface area (Å²) < 4.78 is 3.81. The lowest BCUT2D eigenvalue weighted by Gasteiger charge is -2.06. The van der Waals surface area contributed by atoms with Crippen molar-refractivity contribution in [3.63, 3.8) is 0 Å². The summed E-state index contributed by atoms with van der Waals surface area (Å²) >= 11 is 7.05. The maximum absolute atomic E-state index is 6.08. The zero-order valence-corrected chi connectivity index (χ0v) is 13.5. The average Bonchev–Trinajstić information content (AvgIpc) is 2.60. The van der Waals surface area contributed by atoms with Gasteiger partial charge in [-0.25, -0.2) is 4.68 Å². The predicted octanol–water partition coefficient (Wildman–Crippen LogP) is 4.16. The van der Waals surface area contributed by atoms with Crippen molar-refractivity contribution in [2.24, 2.45) is 0 Å². The Hall–Kier alpha value is -0.810. The van der Waals surface area contributed by atoms with Gasteiger partial charge in [-0.1, -0.05) is 48.0 Å². The average molecular weight is 373 g/mol. The number of hydrogen-bond acceptors (Lipinski definition) is 2. The van der Waals surface area contributed by atoms with E-state index >= 15 is 0 Å². The first-order valence-corrected chi connectivity index (χ1v) is 7.34. The Kier molecular flexibility index (Phi) is 4.12. The summed E-state index contributed by atoms with van der Waals surface area (Å²) in [6, 6.07) is 8.09. The topological polar surface area (TPSA) is 43.8 Å². The second-order valence-corrected chi connectivity index (χ2v) is 6.14. The Morgan fingerprint density at radius 2 is 1.94 bits per heavy atom. The SMILES string of the molecule is CC(C)c1nn(Cc2ccccc2Br)c(N)c1Br. The van der Waals surface area contributed by atoms with Crippen molar-refractivity contribution in [2.75, 3.05) is 5.73 Å². The van der Waals surface area contributed by atoms with E-state index in [9.17, 15) is 0 Å². The zero-order valence-electron chi connectivity index (χ0n) is 10.3. The van der Waals surface area contributed by atoms with Crippen molar-refractivity contribution in [2.45, 2.75) is 26.3 Å². The Labute approximate surface area is 124 Å². The number of hydrogen-bond donors (Lipinski definition) is 1. The molecule has 18 heavy (non-hydrogen) atoms. The minimum Gasteiger partial charge on any atom is -0.383 e. The highest BCUT2D eigenvalue weighted by atomic mass is 79.9. The number of nitrogen functional groups attached to an aromatic ring is 1. The smallest absolute Gasteiger partial charge is 0.136 e. The molecule has 3 nitrogen and oxygen atoms in total. The molecule has 1 heterocycles. The molecule has 0 unspecified atom stereocenters. The molecule has 1 aromatic carbocycles. The van der Waals surface area contributed by atoms with Crippen molar-refractivity contribution < 1.29 is 0 Å². The van der Waals surface area contributed by atoms with Gasteiger partial charge in [0.05, 0.1) is 16.7 Å². The molecule has 2 rings (SSSR count). The summed E-state index contributed by atoms with van der Waals surface area (Å²) in [4.78, 5) is 0. The lowest BCUT2D eigenvalue weighted by atomic mass is 10.1. The minimum absolute atomic E-state index is 0.349. The lowest BCUT2D eigenvalue weighted by Crippen LogP contribution is -2.06. The van der Waals surface area contributed by atoms with Crippen molar-refractivity contribution in [3.05, 3.63) is 44.5 Å². The number of anilines is 1. The first-order chi connectivity index (χ1) is 8.50. The van der Waals surface area contributed by atoms with E-state index in [0.29, 0.717) is 18.3 Å². The lowest BCUT2D eigenvalue weighted by molar-refractivity contribution is 0.663. The van der Waals surface area contributed by atoms with Gasteiger partial charge in [0.25, 0.3) is 0 Å². The molecule has 0 saturated carbocycles. The highest BCUT2D eigenvalue weighted by Gasteiger charge is 2.16. The standard InChI is InChI=1S/C13H15Br2N3/c1-8(2)12-11(15)13(16)18(17-12)7-9-5-3-4-6-10(9)14/h3-6,8H,7,16H2,1-2H3. The van der Waals surface area contributed by atoms with Gasteiger partial charge in [-0.3, -0.25) is 0 Å². The fraction of sp³-hybridized carbons (Fsp3) is 0.308. The van der Waals surface area contributed by atoms with Crippen LogP contribution in [0.3, 0.4) is 0 Å². The summed E-state index contributed by atoms with van der Waals surface area (Å²) in [5.74, 6) is 1.02. The van der Waals surface area contributed by atoms with Crippen LogP contribution < -0.4 is 5.73 Å². The van der Waals surface area contributed by atoms with E-state index in [0.717, 1.165) is 20.2 Å². The largest absolute Gasteiger partial charge is 0.383 e. The maximum Gasteiger partial charge on any atom is 0.136 e. The van der Waals surface area contributed by atoms with Crippen molar-refractivity contribution >= 4 is 37.7 Å². The van der Waals surface area contributed by atoms with Gasteiger partial charge in [-0.15, -0.1) is 0 Å². The Morgan fingerprint density at radius 1 is 1.28 bits per heavy atom. The van der Waals surface area contributed by atoms with E-state index in [1.54, 1.807) is 0 Å². The molecule has 5 heteroatoms. The van der Waals surface area contributed by atoms with Gasteiger partial charge in [0.15, 0.2) is 0 Å². The van der Waals surface area contributed by atoms with Gasteiger partial charge >= 0.3 is 0 Å². The summed E-state index contributed by atoms with van der Waals surface area (Å²) in [6.07, 6.45) is 0.